The molecule has 0 aliphatic rings. The fourth-order valence-corrected chi connectivity index (χ4v) is 2.29. The molecule has 0 saturated carbocycles. The third kappa shape index (κ3) is 4.38. The third-order valence-corrected chi connectivity index (χ3v) is 3.29. The largest absolute Gasteiger partial charge is 0.494 e. The van der Waals surface area contributed by atoms with Gasteiger partial charge in [0.1, 0.15) is 17.6 Å². The molecular formula is C17H20ClNO2. The monoisotopic (exact) mass is 305 g/mol. The summed E-state index contributed by atoms with van der Waals surface area (Å²) >= 11 is 6.04. The molecule has 0 aliphatic heterocycles. The van der Waals surface area contributed by atoms with Gasteiger partial charge in [-0.2, -0.15) is 0 Å². The van der Waals surface area contributed by atoms with Crippen LogP contribution in [0.15, 0.2) is 48.5 Å². The van der Waals surface area contributed by atoms with Crippen molar-refractivity contribution in [1.82, 2.24) is 0 Å². The average Bonchev–Trinajstić information content (AvgIpc) is 2.46. The quantitative estimate of drug-likeness (QED) is 0.869. The summed E-state index contributed by atoms with van der Waals surface area (Å²) in [6.45, 7) is 4.51. The normalized spacial score (nSPS) is 13.5. The van der Waals surface area contributed by atoms with Crippen molar-refractivity contribution in [2.45, 2.75) is 26.0 Å². The van der Waals surface area contributed by atoms with Crippen molar-refractivity contribution in [2.24, 2.45) is 5.73 Å². The van der Waals surface area contributed by atoms with Crippen molar-refractivity contribution in [2.75, 3.05) is 6.61 Å². The minimum absolute atomic E-state index is 0.157. The number of nitrogens with two attached hydrogens (primary N) is 1. The Hall–Kier alpha value is -1.71. The molecule has 2 atom stereocenters. The van der Waals surface area contributed by atoms with Crippen molar-refractivity contribution in [3.63, 3.8) is 0 Å². The zero-order valence-corrected chi connectivity index (χ0v) is 13.0. The van der Waals surface area contributed by atoms with Gasteiger partial charge in [-0.25, -0.2) is 0 Å². The van der Waals surface area contributed by atoms with E-state index in [0.717, 1.165) is 17.1 Å². The Morgan fingerprint density at radius 1 is 1.10 bits per heavy atom. The Morgan fingerprint density at radius 2 is 1.76 bits per heavy atom. The molecule has 112 valence electrons. The second kappa shape index (κ2) is 7.34. The lowest BCUT2D eigenvalue weighted by molar-refractivity contribution is 0.180. The van der Waals surface area contributed by atoms with E-state index >= 15 is 0 Å². The van der Waals surface area contributed by atoms with Gasteiger partial charge >= 0.3 is 0 Å². The van der Waals surface area contributed by atoms with Gasteiger partial charge in [-0.1, -0.05) is 23.7 Å². The van der Waals surface area contributed by atoms with E-state index in [4.69, 9.17) is 26.8 Å². The molecule has 2 rings (SSSR count). The van der Waals surface area contributed by atoms with Crippen LogP contribution in [0.2, 0.25) is 5.02 Å². The number of halogens is 1. The Balaban J connectivity index is 2.16. The van der Waals surface area contributed by atoms with Crippen LogP contribution in [0, 0.1) is 0 Å². The molecule has 0 fully saturated rings. The lowest BCUT2D eigenvalue weighted by atomic mass is 10.0. The highest BCUT2D eigenvalue weighted by atomic mass is 35.5. The number of hydrogen-bond acceptors (Lipinski definition) is 3. The average molecular weight is 306 g/mol. The van der Waals surface area contributed by atoms with Gasteiger partial charge in [0.25, 0.3) is 0 Å². The first-order valence-electron chi connectivity index (χ1n) is 7.00. The molecule has 0 spiro atoms. The van der Waals surface area contributed by atoms with Gasteiger partial charge in [0.2, 0.25) is 0 Å². The molecule has 4 heteroatoms. The molecule has 0 saturated heterocycles. The van der Waals surface area contributed by atoms with E-state index in [1.807, 2.05) is 62.4 Å². The van der Waals surface area contributed by atoms with Crippen molar-refractivity contribution < 1.29 is 9.47 Å². The topological polar surface area (TPSA) is 44.5 Å². The van der Waals surface area contributed by atoms with E-state index in [0.29, 0.717) is 11.6 Å². The summed E-state index contributed by atoms with van der Waals surface area (Å²) in [5, 5.41) is 0.674. The molecular weight excluding hydrogens is 286 g/mol. The molecule has 0 aromatic heterocycles. The number of hydrogen-bond donors (Lipinski definition) is 1. The molecule has 0 bridgehead atoms. The van der Waals surface area contributed by atoms with Gasteiger partial charge < -0.3 is 15.2 Å². The van der Waals surface area contributed by atoms with E-state index in [2.05, 4.69) is 0 Å². The van der Waals surface area contributed by atoms with Gasteiger partial charge in [0.15, 0.2) is 0 Å². The smallest absolute Gasteiger partial charge is 0.138 e. The minimum Gasteiger partial charge on any atom is -0.494 e. The summed E-state index contributed by atoms with van der Waals surface area (Å²) in [4.78, 5) is 0. The van der Waals surface area contributed by atoms with Crippen molar-refractivity contribution in [1.29, 1.82) is 0 Å². The van der Waals surface area contributed by atoms with E-state index < -0.39 is 0 Å². The molecule has 0 heterocycles. The predicted molar refractivity (Wildman–Crippen MR) is 86.1 cm³/mol. The molecule has 21 heavy (non-hydrogen) atoms. The third-order valence-electron chi connectivity index (χ3n) is 3.05. The predicted octanol–water partition coefficient (Wildman–Crippen LogP) is 4.21. The zero-order valence-electron chi connectivity index (χ0n) is 12.3. The number of ether oxygens (including phenoxy) is 2. The van der Waals surface area contributed by atoms with E-state index in [1.54, 1.807) is 0 Å². The summed E-state index contributed by atoms with van der Waals surface area (Å²) in [7, 11) is 0. The summed E-state index contributed by atoms with van der Waals surface area (Å²) in [5.74, 6) is 1.57. The highest BCUT2D eigenvalue weighted by Gasteiger charge is 2.18. The van der Waals surface area contributed by atoms with Crippen LogP contribution >= 0.6 is 11.6 Å². The van der Waals surface area contributed by atoms with E-state index in [9.17, 15) is 0 Å². The first kappa shape index (κ1) is 15.7. The SMILES string of the molecule is CCOc1ccc(OC(c2cccc(Cl)c2)C(C)N)cc1. The summed E-state index contributed by atoms with van der Waals surface area (Å²) in [6.07, 6.45) is -0.248. The number of benzene rings is 2. The standard InChI is InChI=1S/C17H20ClNO2/c1-3-20-15-7-9-16(10-8-15)21-17(12(2)19)13-5-4-6-14(18)11-13/h4-12,17H,3,19H2,1-2H3. The molecule has 0 radical (unpaired) electrons. The lowest BCUT2D eigenvalue weighted by Gasteiger charge is -2.23. The maximum Gasteiger partial charge on any atom is 0.138 e. The molecule has 2 unspecified atom stereocenters. The Bertz CT molecular complexity index is 569. The highest BCUT2D eigenvalue weighted by Crippen LogP contribution is 2.27. The van der Waals surface area contributed by atoms with Gasteiger partial charge in [-0.15, -0.1) is 0 Å². The van der Waals surface area contributed by atoms with Crippen LogP contribution in [-0.2, 0) is 0 Å². The minimum atomic E-state index is -0.248. The summed E-state index contributed by atoms with van der Waals surface area (Å²) < 4.78 is 11.4. The zero-order chi connectivity index (χ0) is 15.2. The molecule has 2 aromatic carbocycles. The van der Waals surface area contributed by atoms with Crippen LogP contribution in [-0.4, -0.2) is 12.6 Å². The van der Waals surface area contributed by atoms with Crippen LogP contribution in [0.3, 0.4) is 0 Å². The van der Waals surface area contributed by atoms with E-state index in [-0.39, 0.29) is 12.1 Å². The summed E-state index contributed by atoms with van der Waals surface area (Å²) in [6, 6.07) is 14.9. The first-order valence-corrected chi connectivity index (χ1v) is 7.38. The number of rotatable bonds is 6. The molecule has 2 aromatic rings. The fraction of sp³-hybridized carbons (Fsp3) is 0.294. The molecule has 0 aliphatic carbocycles. The van der Waals surface area contributed by atoms with Crippen LogP contribution in [0.4, 0.5) is 0 Å². The molecule has 2 N–H and O–H groups in total. The maximum atomic E-state index is 6.05. The Labute approximate surface area is 130 Å². The Morgan fingerprint density at radius 3 is 2.33 bits per heavy atom. The first-order chi connectivity index (χ1) is 10.1. The fourth-order valence-electron chi connectivity index (χ4n) is 2.09. The van der Waals surface area contributed by atoms with Crippen molar-refractivity contribution >= 4 is 11.6 Å². The van der Waals surface area contributed by atoms with Crippen LogP contribution in [0.25, 0.3) is 0 Å². The van der Waals surface area contributed by atoms with Gasteiger partial charge in [0, 0.05) is 11.1 Å². The van der Waals surface area contributed by atoms with Gasteiger partial charge in [-0.3, -0.25) is 0 Å². The second-order valence-corrected chi connectivity index (χ2v) is 5.29. The van der Waals surface area contributed by atoms with Crippen molar-refractivity contribution in [3.05, 3.63) is 59.1 Å². The molecule has 3 nitrogen and oxygen atoms in total. The highest BCUT2D eigenvalue weighted by molar-refractivity contribution is 6.30. The second-order valence-electron chi connectivity index (χ2n) is 4.86. The van der Waals surface area contributed by atoms with E-state index in [1.165, 1.54) is 0 Å². The van der Waals surface area contributed by atoms with Gasteiger partial charge in [0.05, 0.1) is 6.61 Å². The lowest BCUT2D eigenvalue weighted by Crippen LogP contribution is -2.29. The maximum absolute atomic E-state index is 6.05. The molecule has 0 amide bonds. The van der Waals surface area contributed by atoms with Crippen LogP contribution < -0.4 is 15.2 Å². The Kier molecular flexibility index (Phi) is 5.48. The van der Waals surface area contributed by atoms with Crippen LogP contribution in [0.1, 0.15) is 25.5 Å². The van der Waals surface area contributed by atoms with Crippen LogP contribution in [0.5, 0.6) is 11.5 Å². The van der Waals surface area contributed by atoms with Gasteiger partial charge in [-0.05, 0) is 55.8 Å². The van der Waals surface area contributed by atoms with Crippen molar-refractivity contribution in [3.8, 4) is 11.5 Å². The summed E-state index contributed by atoms with van der Waals surface area (Å²) in [5.41, 5.74) is 7.02.